The van der Waals surface area contributed by atoms with Crippen LogP contribution in [-0.2, 0) is 61.9 Å². The van der Waals surface area contributed by atoms with E-state index in [4.69, 9.17) is 37.9 Å². The number of carbonyl (C=O) groups excluding carboxylic acids is 5. The van der Waals surface area contributed by atoms with Crippen LogP contribution in [0.15, 0.2) is 0 Å². The Hall–Kier alpha value is -3.29. The van der Waals surface area contributed by atoms with Gasteiger partial charge in [0.15, 0.2) is 25.2 Å². The first kappa shape index (κ1) is 59.3. The van der Waals surface area contributed by atoms with Crippen molar-refractivity contribution >= 4 is 29.9 Å². The summed E-state index contributed by atoms with van der Waals surface area (Å²) in [4.78, 5) is 61.6. The van der Waals surface area contributed by atoms with Crippen LogP contribution in [0.5, 0.6) is 0 Å². The number of rotatable bonds is 26. The van der Waals surface area contributed by atoms with E-state index in [1.807, 2.05) is 0 Å². The van der Waals surface area contributed by atoms with Crippen molar-refractivity contribution in [3.8, 4) is 0 Å². The number of aldehydes is 1. The highest BCUT2D eigenvalue weighted by Gasteiger charge is 2.52. The molecule has 4 amide bonds. The molecule has 30 nitrogen and oxygen atoms in total. The van der Waals surface area contributed by atoms with E-state index in [-0.39, 0.29) is 51.8 Å². The number of ether oxygens (including phenoxy) is 8. The minimum absolute atomic E-state index is 0.0186. The number of hydrogen-bond acceptors (Lipinski definition) is 26. The monoisotopic (exact) mass is 1020 g/mol. The Bertz CT molecular complexity index is 1640. The van der Waals surface area contributed by atoms with E-state index in [9.17, 15) is 90.4 Å². The van der Waals surface area contributed by atoms with Crippen molar-refractivity contribution in [2.24, 2.45) is 0 Å². The zero-order valence-corrected chi connectivity index (χ0v) is 38.0. The molecule has 0 unspecified atom stereocenters. The molecule has 0 bridgehead atoms. The van der Waals surface area contributed by atoms with Gasteiger partial charge in [-0.15, -0.1) is 0 Å². The van der Waals surface area contributed by atoms with Crippen molar-refractivity contribution < 1.29 is 128 Å². The summed E-state index contributed by atoms with van der Waals surface area (Å²) in [6.07, 6.45) is -33.2. The maximum absolute atomic E-state index is 12.9. The molecule has 4 fully saturated rings. The van der Waals surface area contributed by atoms with Gasteiger partial charge in [0.2, 0.25) is 23.6 Å². The van der Waals surface area contributed by atoms with Crippen LogP contribution in [0, 0.1) is 0 Å². The summed E-state index contributed by atoms with van der Waals surface area (Å²) in [5.74, 6) is -2.56. The average molecular weight is 1020 g/mol. The highest BCUT2D eigenvalue weighted by molar-refractivity contribution is 5.89. The molecule has 4 heterocycles. The number of aliphatic hydroxyl groups excluding tert-OH is 13. The normalized spacial score (nSPS) is 38.3. The maximum Gasteiger partial charge on any atom is 0.242 e. The van der Waals surface area contributed by atoms with Crippen LogP contribution < -0.4 is 21.3 Å². The number of amides is 4. The van der Waals surface area contributed by atoms with E-state index in [1.54, 1.807) is 0 Å². The third-order valence-corrected chi connectivity index (χ3v) is 11.8. The van der Waals surface area contributed by atoms with Crippen LogP contribution in [0.25, 0.3) is 0 Å². The number of aliphatic hydroxyl groups is 13. The van der Waals surface area contributed by atoms with Gasteiger partial charge in [0.1, 0.15) is 104 Å². The molecule has 4 saturated heterocycles. The zero-order valence-electron chi connectivity index (χ0n) is 38.0. The minimum Gasteiger partial charge on any atom is -0.394 e. The van der Waals surface area contributed by atoms with Gasteiger partial charge in [-0.05, 0) is 19.8 Å². The SMILES string of the molecule is C[C@@H]1O[C@@H](OCCNC(=O)CCCC(=O)N[C@@H](CCC(=O)NCCO[C@H]2O[C@H](CO[C@H]3O[C@H](CO)[C@@H](O)[C@H](O)[C@@H]3O)[C@@H](O)[C@H](O[C@H]3O[C@H](CO)[C@@H](O)[C@H](O)[C@@H]3O)[C@@H]2O)C(=O)NCC=O)[C@@H](O)[C@H](O)[C@@H]1O. The van der Waals surface area contributed by atoms with Crippen molar-refractivity contribution in [3.05, 3.63) is 0 Å². The van der Waals surface area contributed by atoms with Gasteiger partial charge in [0, 0.05) is 32.4 Å². The molecule has 70 heavy (non-hydrogen) atoms. The molecule has 4 aliphatic heterocycles. The highest BCUT2D eigenvalue weighted by Crippen LogP contribution is 2.31. The summed E-state index contributed by atoms with van der Waals surface area (Å²) in [6, 6.07) is -1.29. The van der Waals surface area contributed by atoms with Crippen LogP contribution in [0.4, 0.5) is 0 Å². The summed E-state index contributed by atoms with van der Waals surface area (Å²) in [5, 5.41) is 143. The summed E-state index contributed by atoms with van der Waals surface area (Å²) in [7, 11) is 0. The van der Waals surface area contributed by atoms with E-state index in [2.05, 4.69) is 21.3 Å². The first-order valence-electron chi connectivity index (χ1n) is 22.6. The van der Waals surface area contributed by atoms with E-state index in [0.717, 1.165) is 0 Å². The van der Waals surface area contributed by atoms with Crippen molar-refractivity contribution in [2.75, 3.05) is 52.7 Å². The minimum atomic E-state index is -1.97. The molecule has 0 radical (unpaired) electrons. The Kier molecular flexibility index (Phi) is 24.4. The lowest BCUT2D eigenvalue weighted by atomic mass is 9.96. The van der Waals surface area contributed by atoms with E-state index in [1.165, 1.54) is 6.92 Å². The molecule has 0 saturated carbocycles. The standard InChI is InChI=1S/C40H68N4O26/c1-16-24(51)28(55)31(58)37(66-16)63-11-8-41-21(48)3-2-4-23(50)44-17(36(62)43-7-10-45)5-6-22(49)42-9-12-64-39-34(61)35(70-40-33(60)30(57)26(53)19(14-47)68-40)27(54)20(69-39)15-65-38-32(59)29(56)25(52)18(13-46)67-38/h10,16-20,24-35,37-40,46-47,51-61H,2-9,11-15H2,1H3,(H,41,48)(H,42,49)(H,43,62)(H,44,50)/t16-,17-,18+,19+,20+,24+,25+,26+,27+,28+,29-,30-,31-,32-,33-,34-,35-,37+,38-,39-,40+/m0/s1. The molecule has 4 aliphatic rings. The van der Waals surface area contributed by atoms with Gasteiger partial charge in [-0.1, -0.05) is 0 Å². The van der Waals surface area contributed by atoms with Gasteiger partial charge < -0.3 is 130 Å². The fourth-order valence-corrected chi connectivity index (χ4v) is 7.61. The molecular formula is C40H68N4O26. The second-order valence-electron chi connectivity index (χ2n) is 16.9. The van der Waals surface area contributed by atoms with Crippen LogP contribution >= 0.6 is 0 Å². The molecule has 0 spiro atoms. The predicted molar refractivity (Wildman–Crippen MR) is 223 cm³/mol. The average Bonchev–Trinajstić information content (AvgIpc) is 3.34. The van der Waals surface area contributed by atoms with Crippen LogP contribution in [-0.4, -0.2) is 278 Å². The van der Waals surface area contributed by atoms with Crippen LogP contribution in [0.3, 0.4) is 0 Å². The Morgan fingerprint density at radius 3 is 1.60 bits per heavy atom. The van der Waals surface area contributed by atoms with Gasteiger partial charge in [-0.3, -0.25) is 19.2 Å². The predicted octanol–water partition coefficient (Wildman–Crippen LogP) is -10.7. The Morgan fingerprint density at radius 1 is 0.543 bits per heavy atom. The molecular weight excluding hydrogens is 952 g/mol. The third kappa shape index (κ3) is 16.4. The quantitative estimate of drug-likeness (QED) is 0.0283. The topological polar surface area (TPSA) is 470 Å². The van der Waals surface area contributed by atoms with Gasteiger partial charge in [-0.25, -0.2) is 0 Å². The highest BCUT2D eigenvalue weighted by atomic mass is 16.8. The van der Waals surface area contributed by atoms with Crippen molar-refractivity contribution in [2.45, 2.75) is 168 Å². The number of nitrogens with one attached hydrogen (secondary N) is 4. The van der Waals surface area contributed by atoms with E-state index in [0.29, 0.717) is 6.29 Å². The van der Waals surface area contributed by atoms with Gasteiger partial charge >= 0.3 is 0 Å². The summed E-state index contributed by atoms with van der Waals surface area (Å²) >= 11 is 0. The smallest absolute Gasteiger partial charge is 0.242 e. The largest absolute Gasteiger partial charge is 0.394 e. The van der Waals surface area contributed by atoms with Crippen LogP contribution in [0.2, 0.25) is 0 Å². The fraction of sp³-hybridized carbons (Fsp3) is 0.875. The summed E-state index contributed by atoms with van der Waals surface area (Å²) < 4.78 is 43.9. The number of hydrogen-bond donors (Lipinski definition) is 17. The van der Waals surface area contributed by atoms with E-state index >= 15 is 0 Å². The van der Waals surface area contributed by atoms with Crippen molar-refractivity contribution in [1.82, 2.24) is 21.3 Å². The fourth-order valence-electron chi connectivity index (χ4n) is 7.61. The third-order valence-electron chi connectivity index (χ3n) is 11.8. The molecule has 0 aromatic carbocycles. The lowest BCUT2D eigenvalue weighted by molar-refractivity contribution is -0.366. The first-order valence-corrected chi connectivity index (χ1v) is 22.6. The Labute approximate surface area is 399 Å². The second kappa shape index (κ2) is 28.8. The van der Waals surface area contributed by atoms with Crippen molar-refractivity contribution in [3.63, 3.8) is 0 Å². The van der Waals surface area contributed by atoms with Gasteiger partial charge in [-0.2, -0.15) is 0 Å². The Balaban J connectivity index is 1.26. The molecule has 17 N–H and O–H groups in total. The first-order chi connectivity index (χ1) is 33.2. The second-order valence-corrected chi connectivity index (χ2v) is 16.9. The van der Waals surface area contributed by atoms with E-state index < -0.39 is 185 Å². The summed E-state index contributed by atoms with van der Waals surface area (Å²) in [5.41, 5.74) is 0. The molecule has 0 aromatic heterocycles. The lowest BCUT2D eigenvalue weighted by Gasteiger charge is -2.46. The molecule has 4 rings (SSSR count). The molecule has 21 atom stereocenters. The maximum atomic E-state index is 12.9. The molecule has 0 aliphatic carbocycles. The van der Waals surface area contributed by atoms with Gasteiger partial charge in [0.05, 0.1) is 45.7 Å². The summed E-state index contributed by atoms with van der Waals surface area (Å²) in [6.45, 7) is -2.07. The zero-order chi connectivity index (χ0) is 51.8. The molecule has 30 heteroatoms. The van der Waals surface area contributed by atoms with Gasteiger partial charge in [0.25, 0.3) is 0 Å². The number of carbonyl (C=O) groups is 5. The molecule has 0 aromatic rings. The lowest BCUT2D eigenvalue weighted by Crippen LogP contribution is -2.65. The molecule has 404 valence electrons. The van der Waals surface area contributed by atoms with Crippen LogP contribution in [0.1, 0.15) is 39.0 Å². The Morgan fingerprint density at radius 2 is 1.03 bits per heavy atom. The van der Waals surface area contributed by atoms with Crippen molar-refractivity contribution in [1.29, 1.82) is 0 Å².